The number of aliphatic hydroxyl groups is 1. The van der Waals surface area contributed by atoms with Crippen LogP contribution in [0.15, 0.2) is 42.5 Å². The number of aliphatic hydroxyl groups excluding tert-OH is 1. The first-order valence-corrected chi connectivity index (χ1v) is 9.14. The van der Waals surface area contributed by atoms with E-state index in [1.165, 1.54) is 6.92 Å². The van der Waals surface area contributed by atoms with Crippen molar-refractivity contribution in [3.8, 4) is 5.75 Å². The van der Waals surface area contributed by atoms with Gasteiger partial charge in [-0.3, -0.25) is 9.59 Å². The van der Waals surface area contributed by atoms with E-state index in [0.29, 0.717) is 22.4 Å². The molecule has 0 fully saturated rings. The first kappa shape index (κ1) is 19.1. The lowest BCUT2D eigenvalue weighted by molar-refractivity contribution is -0.0627. The Morgan fingerprint density at radius 3 is 2.56 bits per heavy atom. The normalized spacial score (nSPS) is 20.3. The number of aryl methyl sites for hydroxylation is 1. The van der Waals surface area contributed by atoms with Crippen molar-refractivity contribution >= 4 is 11.7 Å². The second-order valence-corrected chi connectivity index (χ2v) is 7.46. The van der Waals surface area contributed by atoms with Crippen LogP contribution < -0.4 is 10.1 Å². The number of fused-ring (bicyclic) bond motifs is 1. The second-order valence-electron chi connectivity index (χ2n) is 7.46. The summed E-state index contributed by atoms with van der Waals surface area (Å²) < 4.78 is 5.91. The summed E-state index contributed by atoms with van der Waals surface area (Å²) in [5, 5.41) is 13.8. The molecule has 0 aromatic heterocycles. The van der Waals surface area contributed by atoms with Gasteiger partial charge in [-0.25, -0.2) is 0 Å². The Balaban J connectivity index is 1.98. The second kappa shape index (κ2) is 7.16. The van der Waals surface area contributed by atoms with Crippen LogP contribution in [0.4, 0.5) is 0 Å². The van der Waals surface area contributed by atoms with E-state index in [9.17, 15) is 14.7 Å². The van der Waals surface area contributed by atoms with E-state index in [1.807, 2.05) is 25.1 Å². The first-order valence-electron chi connectivity index (χ1n) is 9.14. The van der Waals surface area contributed by atoms with Gasteiger partial charge in [0, 0.05) is 16.7 Å². The number of benzene rings is 2. The van der Waals surface area contributed by atoms with Crippen molar-refractivity contribution in [3.05, 3.63) is 64.7 Å². The molecule has 0 bridgehead atoms. The Morgan fingerprint density at radius 1 is 1.15 bits per heavy atom. The van der Waals surface area contributed by atoms with Gasteiger partial charge in [-0.1, -0.05) is 19.1 Å². The van der Waals surface area contributed by atoms with E-state index in [4.69, 9.17) is 4.74 Å². The van der Waals surface area contributed by atoms with Crippen molar-refractivity contribution in [1.29, 1.82) is 0 Å². The number of Topliss-reactive ketones (excluding diaryl/α,β-unsaturated/α-hetero) is 1. The number of hydrogen-bond acceptors (Lipinski definition) is 4. The average Bonchev–Trinajstić information content (AvgIpc) is 2.64. The third-order valence-corrected chi connectivity index (χ3v) is 5.04. The summed E-state index contributed by atoms with van der Waals surface area (Å²) in [5.41, 5.74) is 1.84. The average molecular weight is 367 g/mol. The number of amides is 1. The zero-order valence-electron chi connectivity index (χ0n) is 16.1. The lowest BCUT2D eigenvalue weighted by atomic mass is 9.85. The maximum Gasteiger partial charge on any atom is 0.251 e. The molecule has 2 atom stereocenters. The van der Waals surface area contributed by atoms with Gasteiger partial charge in [0.2, 0.25) is 0 Å². The van der Waals surface area contributed by atoms with Crippen LogP contribution >= 0.6 is 0 Å². The molecule has 0 saturated heterocycles. The molecule has 3 rings (SSSR count). The summed E-state index contributed by atoms with van der Waals surface area (Å²) in [6.07, 6.45) is -0.135. The number of hydrogen-bond donors (Lipinski definition) is 2. The van der Waals surface area contributed by atoms with E-state index in [1.54, 1.807) is 38.1 Å². The molecule has 1 aliphatic heterocycles. The van der Waals surface area contributed by atoms with Crippen LogP contribution in [0.3, 0.4) is 0 Å². The zero-order valence-corrected chi connectivity index (χ0v) is 16.1. The first-order chi connectivity index (χ1) is 12.7. The molecule has 0 aliphatic carbocycles. The Hall–Kier alpha value is -2.66. The highest BCUT2D eigenvalue weighted by Gasteiger charge is 2.43. The molecule has 0 saturated carbocycles. The topological polar surface area (TPSA) is 75.6 Å². The molecule has 0 spiro atoms. The summed E-state index contributed by atoms with van der Waals surface area (Å²) in [5.74, 6) is 0.201. The van der Waals surface area contributed by atoms with E-state index in [0.717, 1.165) is 12.0 Å². The molecule has 2 aromatic carbocycles. The smallest absolute Gasteiger partial charge is 0.251 e. The van der Waals surface area contributed by atoms with Crippen LogP contribution in [0.5, 0.6) is 5.75 Å². The number of ketones is 1. The highest BCUT2D eigenvalue weighted by molar-refractivity contribution is 5.96. The number of carbonyl (C=O) groups is 2. The maximum atomic E-state index is 12.8. The molecule has 5 heteroatoms. The monoisotopic (exact) mass is 367 g/mol. The molecular formula is C22H25NO4. The Labute approximate surface area is 159 Å². The predicted octanol–water partition coefficient (Wildman–Crippen LogP) is 3.45. The fourth-order valence-electron chi connectivity index (χ4n) is 3.33. The standard InChI is InChI=1S/C22H25NO4/c1-5-14-7-6-8-16(11-14)21(26)23-19-17-12-15(13(2)24)9-10-18(17)27-22(3,4)20(19)25/h6-12,19-20,25H,5H2,1-4H3,(H,23,26). The van der Waals surface area contributed by atoms with Crippen LogP contribution in [-0.4, -0.2) is 28.5 Å². The predicted molar refractivity (Wildman–Crippen MR) is 103 cm³/mol. The van der Waals surface area contributed by atoms with Crippen molar-refractivity contribution in [2.24, 2.45) is 0 Å². The Kier molecular flexibility index (Phi) is 5.07. The van der Waals surface area contributed by atoms with E-state index >= 15 is 0 Å². The Bertz CT molecular complexity index is 888. The van der Waals surface area contributed by atoms with Crippen molar-refractivity contribution in [2.45, 2.75) is 51.9 Å². The summed E-state index contributed by atoms with van der Waals surface area (Å²) in [4.78, 5) is 24.6. The highest BCUT2D eigenvalue weighted by Crippen LogP contribution is 2.40. The van der Waals surface area contributed by atoms with Crippen LogP contribution in [-0.2, 0) is 6.42 Å². The molecule has 1 aliphatic rings. The fourth-order valence-corrected chi connectivity index (χ4v) is 3.33. The minimum Gasteiger partial charge on any atom is -0.485 e. The summed E-state index contributed by atoms with van der Waals surface area (Å²) in [6, 6.07) is 11.8. The highest BCUT2D eigenvalue weighted by atomic mass is 16.5. The molecule has 2 unspecified atom stereocenters. The number of nitrogens with one attached hydrogen (secondary N) is 1. The minimum atomic E-state index is -0.967. The van der Waals surface area contributed by atoms with Crippen LogP contribution in [0.1, 0.15) is 65.6 Å². The molecule has 2 N–H and O–H groups in total. The third kappa shape index (κ3) is 3.74. The van der Waals surface area contributed by atoms with Crippen LogP contribution in [0.2, 0.25) is 0 Å². The number of ether oxygens (including phenoxy) is 1. The maximum absolute atomic E-state index is 12.8. The summed E-state index contributed by atoms with van der Waals surface area (Å²) in [6.45, 7) is 7.06. The van der Waals surface area contributed by atoms with Crippen molar-refractivity contribution < 1.29 is 19.4 Å². The van der Waals surface area contributed by atoms with E-state index in [-0.39, 0.29) is 11.7 Å². The molecule has 27 heavy (non-hydrogen) atoms. The number of rotatable bonds is 4. The molecule has 2 aromatic rings. The molecule has 5 nitrogen and oxygen atoms in total. The zero-order chi connectivity index (χ0) is 19.8. The van der Waals surface area contributed by atoms with Crippen molar-refractivity contribution in [1.82, 2.24) is 5.32 Å². The SMILES string of the molecule is CCc1cccc(C(=O)NC2c3cc(C(C)=O)ccc3OC(C)(C)C2O)c1. The van der Waals surface area contributed by atoms with Gasteiger partial charge in [-0.2, -0.15) is 0 Å². The van der Waals surface area contributed by atoms with Crippen LogP contribution in [0, 0.1) is 0 Å². The van der Waals surface area contributed by atoms with Crippen molar-refractivity contribution in [3.63, 3.8) is 0 Å². The molecule has 0 radical (unpaired) electrons. The lowest BCUT2D eigenvalue weighted by Gasteiger charge is -2.42. The van der Waals surface area contributed by atoms with Gasteiger partial charge >= 0.3 is 0 Å². The lowest BCUT2D eigenvalue weighted by Crippen LogP contribution is -2.53. The van der Waals surface area contributed by atoms with Gasteiger partial charge in [0.25, 0.3) is 5.91 Å². The minimum absolute atomic E-state index is 0.0853. The van der Waals surface area contributed by atoms with Gasteiger partial charge in [0.1, 0.15) is 17.5 Å². The van der Waals surface area contributed by atoms with Gasteiger partial charge in [0.15, 0.2) is 5.78 Å². The van der Waals surface area contributed by atoms with Crippen molar-refractivity contribution in [2.75, 3.05) is 0 Å². The molecule has 1 heterocycles. The Morgan fingerprint density at radius 2 is 1.89 bits per heavy atom. The summed E-state index contributed by atoms with van der Waals surface area (Å²) >= 11 is 0. The molecule has 1 amide bonds. The third-order valence-electron chi connectivity index (χ3n) is 5.04. The van der Waals surface area contributed by atoms with Crippen LogP contribution in [0.25, 0.3) is 0 Å². The van der Waals surface area contributed by atoms with Gasteiger partial charge in [-0.05, 0) is 63.1 Å². The molecular weight excluding hydrogens is 342 g/mol. The largest absolute Gasteiger partial charge is 0.485 e. The quantitative estimate of drug-likeness (QED) is 0.812. The number of carbonyl (C=O) groups excluding carboxylic acids is 2. The van der Waals surface area contributed by atoms with E-state index in [2.05, 4.69) is 5.32 Å². The summed E-state index contributed by atoms with van der Waals surface area (Å²) in [7, 11) is 0. The fraction of sp³-hybridized carbons (Fsp3) is 0.364. The van der Waals surface area contributed by atoms with Gasteiger partial charge in [-0.15, -0.1) is 0 Å². The van der Waals surface area contributed by atoms with Gasteiger partial charge < -0.3 is 15.2 Å². The molecule has 142 valence electrons. The van der Waals surface area contributed by atoms with Gasteiger partial charge in [0.05, 0.1) is 6.04 Å². The van der Waals surface area contributed by atoms with E-state index < -0.39 is 17.7 Å².